The molecule has 3 N–H and O–H groups in total. The van der Waals surface area contributed by atoms with Crippen LogP contribution in [0.4, 0.5) is 0 Å². The molecule has 1 atom stereocenters. The Morgan fingerprint density at radius 2 is 2.17 bits per heavy atom. The summed E-state index contributed by atoms with van der Waals surface area (Å²) >= 11 is 1.73. The molecule has 0 fully saturated rings. The summed E-state index contributed by atoms with van der Waals surface area (Å²) < 4.78 is 0. The molecule has 0 aliphatic carbocycles. The lowest BCUT2D eigenvalue weighted by Gasteiger charge is -2.11. The number of pyridine rings is 1. The fraction of sp³-hybridized carbons (Fsp3) is 0.357. The summed E-state index contributed by atoms with van der Waals surface area (Å²) in [5.74, 6) is 0. The minimum atomic E-state index is -0.209. The minimum absolute atomic E-state index is 0.00488. The van der Waals surface area contributed by atoms with Crippen molar-refractivity contribution in [3.63, 3.8) is 0 Å². The van der Waals surface area contributed by atoms with Crippen LogP contribution in [0.25, 0.3) is 11.3 Å². The van der Waals surface area contributed by atoms with E-state index in [9.17, 15) is 0 Å². The molecule has 2 aromatic rings. The maximum atomic E-state index is 8.98. The third kappa shape index (κ3) is 2.96. The summed E-state index contributed by atoms with van der Waals surface area (Å²) in [5.41, 5.74) is 10.0. The number of thiophene rings is 1. The largest absolute Gasteiger partial charge is 0.395 e. The van der Waals surface area contributed by atoms with Gasteiger partial charge in [0, 0.05) is 27.6 Å². The molecule has 0 radical (unpaired) electrons. The molecule has 3 nitrogen and oxygen atoms in total. The third-order valence-corrected chi connectivity index (χ3v) is 3.80. The summed E-state index contributed by atoms with van der Waals surface area (Å²) in [6, 6.07) is 6.01. The third-order valence-electron chi connectivity index (χ3n) is 2.94. The fourth-order valence-corrected chi connectivity index (χ4v) is 2.59. The van der Waals surface area contributed by atoms with E-state index in [-0.39, 0.29) is 12.6 Å². The van der Waals surface area contributed by atoms with E-state index in [4.69, 9.17) is 10.8 Å². The molecule has 0 saturated heterocycles. The van der Waals surface area contributed by atoms with E-state index in [1.54, 1.807) is 11.3 Å². The highest BCUT2D eigenvalue weighted by molar-refractivity contribution is 7.10. The van der Waals surface area contributed by atoms with Gasteiger partial charge < -0.3 is 10.8 Å². The molecule has 4 heteroatoms. The summed E-state index contributed by atoms with van der Waals surface area (Å²) in [4.78, 5) is 5.90. The first kappa shape index (κ1) is 13.2. The quantitative estimate of drug-likeness (QED) is 0.888. The molecule has 0 aliphatic rings. The Labute approximate surface area is 111 Å². The molecule has 2 rings (SSSR count). The lowest BCUT2D eigenvalue weighted by molar-refractivity contribution is 0.265. The maximum Gasteiger partial charge on any atom is 0.0713 e. The van der Waals surface area contributed by atoms with E-state index >= 15 is 0 Å². The van der Waals surface area contributed by atoms with E-state index < -0.39 is 0 Å². The highest BCUT2D eigenvalue weighted by Crippen LogP contribution is 2.24. The van der Waals surface area contributed by atoms with Crippen LogP contribution in [0.3, 0.4) is 0 Å². The molecule has 0 aromatic carbocycles. The average molecular weight is 262 g/mol. The zero-order valence-electron chi connectivity index (χ0n) is 10.7. The molecule has 2 aromatic heterocycles. The van der Waals surface area contributed by atoms with Crippen molar-refractivity contribution in [1.82, 2.24) is 4.98 Å². The highest BCUT2D eigenvalue weighted by atomic mass is 32.1. The molecule has 1 unspecified atom stereocenters. The summed E-state index contributed by atoms with van der Waals surface area (Å²) in [7, 11) is 0. The number of aromatic nitrogens is 1. The van der Waals surface area contributed by atoms with Crippen molar-refractivity contribution in [2.45, 2.75) is 26.3 Å². The number of hydrogen-bond donors (Lipinski definition) is 2. The molecule has 0 amide bonds. The molecule has 0 saturated carbocycles. The second kappa shape index (κ2) is 5.61. The smallest absolute Gasteiger partial charge is 0.0713 e. The summed E-state index contributed by atoms with van der Waals surface area (Å²) in [6.07, 6.45) is 0.665. The number of aryl methyl sites for hydroxylation is 2. The molecule has 96 valence electrons. The van der Waals surface area contributed by atoms with Gasteiger partial charge in [-0.05, 0) is 38.0 Å². The molecular weight excluding hydrogens is 244 g/mol. The van der Waals surface area contributed by atoms with Crippen LogP contribution in [0.2, 0.25) is 0 Å². The molecule has 0 spiro atoms. The molecule has 2 heterocycles. The Morgan fingerprint density at radius 3 is 2.72 bits per heavy atom. The van der Waals surface area contributed by atoms with Gasteiger partial charge in [0.1, 0.15) is 0 Å². The van der Waals surface area contributed by atoms with E-state index in [1.807, 2.05) is 13.0 Å². The van der Waals surface area contributed by atoms with E-state index in [1.165, 1.54) is 10.4 Å². The maximum absolute atomic E-state index is 8.98. The van der Waals surface area contributed by atoms with Crippen molar-refractivity contribution >= 4 is 11.3 Å². The Bertz CT molecular complexity index is 536. The number of nitrogens with two attached hydrogens (primary N) is 1. The van der Waals surface area contributed by atoms with Crippen molar-refractivity contribution in [1.29, 1.82) is 0 Å². The van der Waals surface area contributed by atoms with Crippen LogP contribution in [-0.2, 0) is 6.42 Å². The SMILES string of the molecule is Cc1cc(-c2ccc(CC(N)CO)c(C)n2)cs1. The number of rotatable bonds is 4. The van der Waals surface area contributed by atoms with Crippen LogP contribution < -0.4 is 5.73 Å². The molecule has 18 heavy (non-hydrogen) atoms. The van der Waals surface area contributed by atoms with Gasteiger partial charge in [-0.3, -0.25) is 4.98 Å². The molecule has 0 aliphatic heterocycles. The van der Waals surface area contributed by atoms with E-state index in [0.29, 0.717) is 6.42 Å². The first-order valence-electron chi connectivity index (χ1n) is 5.98. The number of aliphatic hydroxyl groups is 1. The number of nitrogens with zero attached hydrogens (tertiary/aromatic N) is 1. The average Bonchev–Trinajstić information content (AvgIpc) is 2.78. The fourth-order valence-electron chi connectivity index (χ4n) is 1.89. The van der Waals surface area contributed by atoms with Crippen molar-refractivity contribution < 1.29 is 5.11 Å². The van der Waals surface area contributed by atoms with Gasteiger partial charge in [0.2, 0.25) is 0 Å². The van der Waals surface area contributed by atoms with Crippen LogP contribution in [-0.4, -0.2) is 22.7 Å². The first-order chi connectivity index (χ1) is 8.60. The predicted molar refractivity (Wildman–Crippen MR) is 75.8 cm³/mol. The Kier molecular flexibility index (Phi) is 4.11. The van der Waals surface area contributed by atoms with Crippen molar-refractivity contribution in [2.75, 3.05) is 6.61 Å². The monoisotopic (exact) mass is 262 g/mol. The second-order valence-corrected chi connectivity index (χ2v) is 5.65. The zero-order chi connectivity index (χ0) is 13.1. The van der Waals surface area contributed by atoms with Crippen LogP contribution >= 0.6 is 11.3 Å². The van der Waals surface area contributed by atoms with Gasteiger partial charge in [-0.15, -0.1) is 11.3 Å². The second-order valence-electron chi connectivity index (χ2n) is 4.53. The first-order valence-corrected chi connectivity index (χ1v) is 6.86. The Balaban J connectivity index is 2.24. The van der Waals surface area contributed by atoms with Crippen LogP contribution in [0.1, 0.15) is 16.1 Å². The van der Waals surface area contributed by atoms with Gasteiger partial charge in [0.05, 0.1) is 12.3 Å². The van der Waals surface area contributed by atoms with Crippen LogP contribution in [0.5, 0.6) is 0 Å². The van der Waals surface area contributed by atoms with Crippen molar-refractivity contribution in [3.05, 3.63) is 39.7 Å². The minimum Gasteiger partial charge on any atom is -0.395 e. The highest BCUT2D eigenvalue weighted by Gasteiger charge is 2.08. The van der Waals surface area contributed by atoms with Gasteiger partial charge in [-0.2, -0.15) is 0 Å². The van der Waals surface area contributed by atoms with E-state index in [0.717, 1.165) is 17.0 Å². The normalized spacial score (nSPS) is 12.7. The van der Waals surface area contributed by atoms with Gasteiger partial charge >= 0.3 is 0 Å². The van der Waals surface area contributed by atoms with Gasteiger partial charge in [-0.25, -0.2) is 0 Å². The number of aliphatic hydroxyl groups excluding tert-OH is 1. The van der Waals surface area contributed by atoms with Crippen LogP contribution in [0.15, 0.2) is 23.6 Å². The lowest BCUT2D eigenvalue weighted by atomic mass is 10.0. The molecule has 0 bridgehead atoms. The zero-order valence-corrected chi connectivity index (χ0v) is 11.5. The van der Waals surface area contributed by atoms with Crippen molar-refractivity contribution in [3.8, 4) is 11.3 Å². The summed E-state index contributed by atoms with van der Waals surface area (Å²) in [6.45, 7) is 4.09. The topological polar surface area (TPSA) is 59.1 Å². The Morgan fingerprint density at radius 1 is 1.39 bits per heavy atom. The molecular formula is C14H18N2OS. The predicted octanol–water partition coefficient (Wildman–Crippen LogP) is 2.29. The standard InChI is InChI=1S/C14H18N2OS/c1-9-5-12(8-18-9)14-4-3-11(10(2)16-14)6-13(15)7-17/h3-5,8,13,17H,6-7,15H2,1-2H3. The Hall–Kier alpha value is -1.23. The summed E-state index contributed by atoms with van der Waals surface area (Å²) in [5, 5.41) is 11.1. The lowest BCUT2D eigenvalue weighted by Crippen LogP contribution is -2.27. The number of hydrogen-bond acceptors (Lipinski definition) is 4. The van der Waals surface area contributed by atoms with Crippen molar-refractivity contribution in [2.24, 2.45) is 5.73 Å². The van der Waals surface area contributed by atoms with Crippen LogP contribution in [0, 0.1) is 13.8 Å². The van der Waals surface area contributed by atoms with Gasteiger partial charge in [0.25, 0.3) is 0 Å². The van der Waals surface area contributed by atoms with Gasteiger partial charge in [0.15, 0.2) is 0 Å². The van der Waals surface area contributed by atoms with E-state index in [2.05, 4.69) is 29.4 Å². The van der Waals surface area contributed by atoms with Gasteiger partial charge in [-0.1, -0.05) is 6.07 Å².